The normalized spacial score (nSPS) is 36.4. The van der Waals surface area contributed by atoms with Gasteiger partial charge >= 0.3 is 0 Å². The summed E-state index contributed by atoms with van der Waals surface area (Å²) in [6.07, 6.45) is 6.74. The van der Waals surface area contributed by atoms with E-state index in [2.05, 4.69) is 39.8 Å². The van der Waals surface area contributed by atoms with Crippen molar-refractivity contribution in [3.63, 3.8) is 0 Å². The van der Waals surface area contributed by atoms with E-state index in [9.17, 15) is 0 Å². The van der Waals surface area contributed by atoms with Crippen LogP contribution in [0.4, 0.5) is 0 Å². The molecule has 1 aliphatic heterocycles. The van der Waals surface area contributed by atoms with Crippen molar-refractivity contribution in [1.29, 1.82) is 0 Å². The van der Waals surface area contributed by atoms with Crippen molar-refractivity contribution in [3.8, 4) is 5.75 Å². The largest absolute Gasteiger partial charge is 0.493 e. The van der Waals surface area contributed by atoms with Crippen molar-refractivity contribution >= 4 is 0 Å². The Hall–Kier alpha value is -0.980. The van der Waals surface area contributed by atoms with E-state index in [1.54, 1.807) is 11.1 Å². The Kier molecular flexibility index (Phi) is 2.78. The molecule has 3 atom stereocenters. The molecule has 1 saturated carbocycles. The zero-order valence-corrected chi connectivity index (χ0v) is 14.0. The molecule has 21 heavy (non-hydrogen) atoms. The van der Waals surface area contributed by atoms with E-state index in [-0.39, 0.29) is 0 Å². The Bertz CT molecular complexity index is 586. The topological polar surface area (TPSA) is 9.23 Å². The second-order valence-corrected chi connectivity index (χ2v) is 8.61. The molecule has 0 radical (unpaired) electrons. The molecule has 1 nitrogen and oxygen atoms in total. The molecular formula is C20H28O. The van der Waals surface area contributed by atoms with E-state index in [1.165, 1.54) is 43.4 Å². The van der Waals surface area contributed by atoms with E-state index in [1.807, 2.05) is 0 Å². The van der Waals surface area contributed by atoms with Crippen LogP contribution in [0, 0.1) is 11.3 Å². The molecule has 1 heteroatoms. The SMILES string of the molecule is CC1COc2cc3c(cc21)CCC1C(C)(C)CCCC31C. The second kappa shape index (κ2) is 4.27. The van der Waals surface area contributed by atoms with Gasteiger partial charge in [0, 0.05) is 11.5 Å². The summed E-state index contributed by atoms with van der Waals surface area (Å²) in [6.45, 7) is 10.7. The maximum atomic E-state index is 5.95. The van der Waals surface area contributed by atoms with Gasteiger partial charge in [-0.1, -0.05) is 40.2 Å². The van der Waals surface area contributed by atoms with Crippen LogP contribution < -0.4 is 4.74 Å². The van der Waals surface area contributed by atoms with Gasteiger partial charge in [-0.15, -0.1) is 0 Å². The third-order valence-corrected chi connectivity index (χ3v) is 6.80. The van der Waals surface area contributed by atoms with Crippen molar-refractivity contribution < 1.29 is 4.74 Å². The van der Waals surface area contributed by atoms with Crippen molar-refractivity contribution in [1.82, 2.24) is 0 Å². The molecule has 0 spiro atoms. The third kappa shape index (κ3) is 1.82. The first-order valence-corrected chi connectivity index (χ1v) is 8.72. The highest BCUT2D eigenvalue weighted by Gasteiger charge is 2.50. The van der Waals surface area contributed by atoms with Crippen LogP contribution in [-0.4, -0.2) is 6.61 Å². The monoisotopic (exact) mass is 284 g/mol. The maximum absolute atomic E-state index is 5.95. The Morgan fingerprint density at radius 2 is 1.95 bits per heavy atom. The number of rotatable bonds is 0. The third-order valence-electron chi connectivity index (χ3n) is 6.80. The van der Waals surface area contributed by atoms with E-state index in [0.29, 0.717) is 16.7 Å². The lowest BCUT2D eigenvalue weighted by molar-refractivity contribution is 0.0406. The summed E-state index contributed by atoms with van der Waals surface area (Å²) in [5.74, 6) is 2.56. The first-order chi connectivity index (χ1) is 9.92. The van der Waals surface area contributed by atoms with Gasteiger partial charge in [0.15, 0.2) is 0 Å². The highest BCUT2D eigenvalue weighted by Crippen LogP contribution is 2.58. The number of ether oxygens (including phenoxy) is 1. The Morgan fingerprint density at radius 3 is 2.76 bits per heavy atom. The lowest BCUT2D eigenvalue weighted by atomic mass is 9.50. The molecule has 0 saturated heterocycles. The van der Waals surface area contributed by atoms with Crippen molar-refractivity contribution in [2.75, 3.05) is 6.61 Å². The van der Waals surface area contributed by atoms with Gasteiger partial charge in [0.1, 0.15) is 5.75 Å². The van der Waals surface area contributed by atoms with Gasteiger partial charge in [-0.05, 0) is 59.6 Å². The zero-order chi connectivity index (χ0) is 14.8. The molecule has 1 heterocycles. The Balaban J connectivity index is 1.85. The molecule has 2 aliphatic carbocycles. The molecule has 0 aromatic heterocycles. The van der Waals surface area contributed by atoms with E-state index >= 15 is 0 Å². The van der Waals surface area contributed by atoms with Gasteiger partial charge in [-0.25, -0.2) is 0 Å². The summed E-state index contributed by atoms with van der Waals surface area (Å²) < 4.78 is 5.95. The van der Waals surface area contributed by atoms with Crippen LogP contribution in [0.15, 0.2) is 12.1 Å². The summed E-state index contributed by atoms with van der Waals surface area (Å²) in [5, 5.41) is 0. The number of hydrogen-bond donors (Lipinski definition) is 0. The smallest absolute Gasteiger partial charge is 0.123 e. The summed E-state index contributed by atoms with van der Waals surface area (Å²) >= 11 is 0. The fourth-order valence-corrected chi connectivity index (χ4v) is 5.65. The minimum atomic E-state index is 0.361. The molecule has 1 aromatic carbocycles. The first kappa shape index (κ1) is 13.7. The van der Waals surface area contributed by atoms with E-state index in [0.717, 1.165) is 12.5 Å². The second-order valence-electron chi connectivity index (χ2n) is 8.61. The molecule has 4 rings (SSSR count). The number of hydrogen-bond acceptors (Lipinski definition) is 1. The highest BCUT2D eigenvalue weighted by atomic mass is 16.5. The molecule has 0 N–H and O–H groups in total. The average Bonchev–Trinajstić information content (AvgIpc) is 2.77. The highest BCUT2D eigenvalue weighted by molar-refractivity contribution is 5.51. The Labute approximate surface area is 129 Å². The van der Waals surface area contributed by atoms with Gasteiger partial charge in [0.05, 0.1) is 6.61 Å². The van der Waals surface area contributed by atoms with Gasteiger partial charge in [-0.3, -0.25) is 0 Å². The predicted octanol–water partition coefficient (Wildman–Crippen LogP) is 5.21. The summed E-state index contributed by atoms with van der Waals surface area (Å²) in [5.41, 5.74) is 5.52. The standard InChI is InChI=1S/C20H28O/c1-13-12-21-17-11-16-14(10-15(13)17)6-7-18-19(2,3)8-5-9-20(16,18)4/h10-11,13,18H,5-9,12H2,1-4H3. The molecular weight excluding hydrogens is 256 g/mol. The van der Waals surface area contributed by atoms with Crippen molar-refractivity contribution in [2.24, 2.45) is 11.3 Å². The van der Waals surface area contributed by atoms with Crippen LogP contribution in [0.2, 0.25) is 0 Å². The quantitative estimate of drug-likeness (QED) is 0.635. The summed E-state index contributed by atoms with van der Waals surface area (Å²) in [6, 6.07) is 4.90. The van der Waals surface area contributed by atoms with Crippen LogP contribution >= 0.6 is 0 Å². The van der Waals surface area contributed by atoms with Crippen LogP contribution in [0.1, 0.15) is 76.0 Å². The lowest BCUT2D eigenvalue weighted by Crippen LogP contribution is -2.47. The maximum Gasteiger partial charge on any atom is 0.123 e. The van der Waals surface area contributed by atoms with Gasteiger partial charge in [0.2, 0.25) is 0 Å². The first-order valence-electron chi connectivity index (χ1n) is 8.72. The van der Waals surface area contributed by atoms with Gasteiger partial charge < -0.3 is 4.74 Å². The Morgan fingerprint density at radius 1 is 1.14 bits per heavy atom. The predicted molar refractivity (Wildman–Crippen MR) is 87.1 cm³/mol. The van der Waals surface area contributed by atoms with Gasteiger partial charge in [-0.2, -0.15) is 0 Å². The molecule has 1 aromatic rings. The molecule has 3 unspecified atom stereocenters. The average molecular weight is 284 g/mol. The fraction of sp³-hybridized carbons (Fsp3) is 0.700. The minimum Gasteiger partial charge on any atom is -0.493 e. The summed E-state index contributed by atoms with van der Waals surface area (Å²) in [4.78, 5) is 0. The van der Waals surface area contributed by atoms with Crippen LogP contribution in [0.3, 0.4) is 0 Å². The number of aryl methyl sites for hydroxylation is 1. The number of benzene rings is 1. The lowest BCUT2D eigenvalue weighted by Gasteiger charge is -2.54. The molecule has 0 amide bonds. The van der Waals surface area contributed by atoms with Crippen molar-refractivity contribution in [3.05, 3.63) is 28.8 Å². The molecule has 0 bridgehead atoms. The van der Waals surface area contributed by atoms with E-state index in [4.69, 9.17) is 4.74 Å². The molecule has 114 valence electrons. The minimum absolute atomic E-state index is 0.361. The van der Waals surface area contributed by atoms with E-state index < -0.39 is 0 Å². The van der Waals surface area contributed by atoms with Crippen molar-refractivity contribution in [2.45, 2.75) is 71.1 Å². The van der Waals surface area contributed by atoms with Gasteiger partial charge in [0.25, 0.3) is 0 Å². The molecule has 3 aliphatic rings. The van der Waals surface area contributed by atoms with Crippen LogP contribution in [0.5, 0.6) is 5.75 Å². The van der Waals surface area contributed by atoms with Crippen LogP contribution in [-0.2, 0) is 11.8 Å². The molecule has 1 fully saturated rings. The summed E-state index contributed by atoms with van der Waals surface area (Å²) in [7, 11) is 0. The number of fused-ring (bicyclic) bond motifs is 4. The fourth-order valence-electron chi connectivity index (χ4n) is 5.65. The van der Waals surface area contributed by atoms with Crippen LogP contribution in [0.25, 0.3) is 0 Å². The zero-order valence-electron chi connectivity index (χ0n) is 14.0.